The van der Waals surface area contributed by atoms with E-state index in [-0.39, 0.29) is 13.0 Å². The lowest BCUT2D eigenvalue weighted by molar-refractivity contribution is -0.146. The summed E-state index contributed by atoms with van der Waals surface area (Å²) in [4.78, 5) is 31.2. The van der Waals surface area contributed by atoms with Crippen molar-refractivity contribution >= 4 is 17.9 Å². The molecule has 0 fully saturated rings. The summed E-state index contributed by atoms with van der Waals surface area (Å²) in [5.74, 6) is -3.74. The first kappa shape index (κ1) is 14.3. The standard InChI is InChI=1S/C8H14N2O6/c9-4(7(13)14)1-2-10-5(8(15)16)3-6(11)12/h4-5,10H,1-3,9H2,(H,11,12)(H,13,14)(H,15,16)/t4-,5-/m0/s1. The lowest BCUT2D eigenvalue weighted by Gasteiger charge is -2.13. The van der Waals surface area contributed by atoms with Crippen molar-refractivity contribution in [2.45, 2.75) is 24.9 Å². The third kappa shape index (κ3) is 5.94. The van der Waals surface area contributed by atoms with Crippen LogP contribution >= 0.6 is 0 Å². The minimum Gasteiger partial charge on any atom is -0.481 e. The van der Waals surface area contributed by atoms with E-state index in [0.717, 1.165) is 0 Å². The summed E-state index contributed by atoms with van der Waals surface area (Å²) >= 11 is 0. The normalized spacial score (nSPS) is 14.1. The maximum Gasteiger partial charge on any atom is 0.321 e. The van der Waals surface area contributed by atoms with Crippen LogP contribution in [0, 0.1) is 0 Å². The highest BCUT2D eigenvalue weighted by molar-refractivity contribution is 5.80. The molecule has 0 unspecified atom stereocenters. The summed E-state index contributed by atoms with van der Waals surface area (Å²) < 4.78 is 0. The van der Waals surface area contributed by atoms with E-state index >= 15 is 0 Å². The van der Waals surface area contributed by atoms with E-state index in [1.807, 2.05) is 0 Å². The molecule has 0 heterocycles. The Morgan fingerprint density at radius 1 is 1.12 bits per heavy atom. The van der Waals surface area contributed by atoms with Crippen LogP contribution in [0.15, 0.2) is 0 Å². The number of nitrogens with two attached hydrogens (primary N) is 1. The molecule has 0 aromatic carbocycles. The highest BCUT2D eigenvalue weighted by Gasteiger charge is 2.20. The smallest absolute Gasteiger partial charge is 0.321 e. The Kier molecular flexibility index (Phi) is 6.04. The molecular formula is C8H14N2O6. The Balaban J connectivity index is 3.99. The fraction of sp³-hybridized carbons (Fsp3) is 0.625. The zero-order valence-corrected chi connectivity index (χ0v) is 8.42. The number of carboxylic acids is 3. The minimum absolute atomic E-state index is 0.0255. The molecule has 0 saturated heterocycles. The number of rotatable bonds is 8. The van der Waals surface area contributed by atoms with Crippen LogP contribution < -0.4 is 11.1 Å². The van der Waals surface area contributed by atoms with Crippen LogP contribution in [-0.4, -0.2) is 51.9 Å². The van der Waals surface area contributed by atoms with Gasteiger partial charge >= 0.3 is 17.9 Å². The van der Waals surface area contributed by atoms with Crippen molar-refractivity contribution in [1.29, 1.82) is 0 Å². The van der Waals surface area contributed by atoms with E-state index in [9.17, 15) is 14.4 Å². The number of hydrogen-bond donors (Lipinski definition) is 5. The molecule has 0 spiro atoms. The van der Waals surface area contributed by atoms with Crippen LogP contribution in [0.5, 0.6) is 0 Å². The molecule has 2 atom stereocenters. The highest BCUT2D eigenvalue weighted by Crippen LogP contribution is 1.94. The van der Waals surface area contributed by atoms with E-state index in [4.69, 9.17) is 21.1 Å². The van der Waals surface area contributed by atoms with Gasteiger partial charge < -0.3 is 26.4 Å². The molecule has 0 aromatic heterocycles. The van der Waals surface area contributed by atoms with Crippen LogP contribution in [0.25, 0.3) is 0 Å². The number of carbonyl (C=O) groups is 3. The van der Waals surface area contributed by atoms with Crippen LogP contribution in [0.3, 0.4) is 0 Å². The molecule has 0 aliphatic rings. The highest BCUT2D eigenvalue weighted by atomic mass is 16.4. The summed E-state index contributed by atoms with van der Waals surface area (Å²) in [6.45, 7) is 0.0255. The molecular weight excluding hydrogens is 220 g/mol. The second kappa shape index (κ2) is 6.75. The average molecular weight is 234 g/mol. The van der Waals surface area contributed by atoms with Crippen LogP contribution in [0.4, 0.5) is 0 Å². The van der Waals surface area contributed by atoms with Crippen molar-refractivity contribution in [3.8, 4) is 0 Å². The quantitative estimate of drug-likeness (QED) is 0.333. The van der Waals surface area contributed by atoms with Crippen LogP contribution in [0.1, 0.15) is 12.8 Å². The molecule has 0 amide bonds. The van der Waals surface area contributed by atoms with Crippen molar-refractivity contribution in [3.63, 3.8) is 0 Å². The number of hydrogen-bond acceptors (Lipinski definition) is 5. The van der Waals surface area contributed by atoms with E-state index in [0.29, 0.717) is 0 Å². The summed E-state index contributed by atoms with van der Waals surface area (Å²) in [5.41, 5.74) is 5.18. The van der Waals surface area contributed by atoms with Gasteiger partial charge in [0.25, 0.3) is 0 Å². The average Bonchev–Trinajstić information content (AvgIpc) is 2.14. The van der Waals surface area contributed by atoms with Gasteiger partial charge in [0.05, 0.1) is 6.42 Å². The summed E-state index contributed by atoms with van der Waals surface area (Å²) in [6.07, 6.45) is -0.545. The second-order valence-electron chi connectivity index (χ2n) is 3.18. The van der Waals surface area contributed by atoms with Crippen molar-refractivity contribution in [2.75, 3.05) is 6.54 Å². The van der Waals surface area contributed by atoms with Gasteiger partial charge in [-0.2, -0.15) is 0 Å². The molecule has 0 rings (SSSR count). The molecule has 8 nitrogen and oxygen atoms in total. The third-order valence-corrected chi connectivity index (χ3v) is 1.84. The van der Waals surface area contributed by atoms with Crippen LogP contribution in [-0.2, 0) is 14.4 Å². The van der Waals surface area contributed by atoms with Crippen molar-refractivity contribution in [1.82, 2.24) is 5.32 Å². The largest absolute Gasteiger partial charge is 0.481 e. The molecule has 8 heteroatoms. The zero-order chi connectivity index (χ0) is 12.7. The summed E-state index contributed by atoms with van der Waals surface area (Å²) in [7, 11) is 0. The number of nitrogens with one attached hydrogen (secondary N) is 1. The first-order valence-electron chi connectivity index (χ1n) is 4.51. The third-order valence-electron chi connectivity index (χ3n) is 1.84. The Morgan fingerprint density at radius 2 is 1.69 bits per heavy atom. The van der Waals surface area contributed by atoms with Crippen molar-refractivity contribution in [3.05, 3.63) is 0 Å². The second-order valence-corrected chi connectivity index (χ2v) is 3.18. The van der Waals surface area contributed by atoms with Gasteiger partial charge in [0.2, 0.25) is 0 Å². The lowest BCUT2D eigenvalue weighted by atomic mass is 10.2. The van der Waals surface area contributed by atoms with Gasteiger partial charge in [-0.15, -0.1) is 0 Å². The Morgan fingerprint density at radius 3 is 2.06 bits per heavy atom. The summed E-state index contributed by atoms with van der Waals surface area (Å²) in [6, 6.07) is -2.33. The van der Waals surface area contributed by atoms with Gasteiger partial charge in [-0.25, -0.2) is 0 Å². The molecule has 0 radical (unpaired) electrons. The number of carboxylic acid groups (broad SMARTS) is 3. The van der Waals surface area contributed by atoms with E-state index < -0.39 is 36.4 Å². The van der Waals surface area contributed by atoms with E-state index in [2.05, 4.69) is 5.32 Å². The Hall–Kier alpha value is -1.67. The van der Waals surface area contributed by atoms with Gasteiger partial charge in [0, 0.05) is 0 Å². The molecule has 92 valence electrons. The zero-order valence-electron chi connectivity index (χ0n) is 8.42. The molecule has 0 aromatic rings. The Bertz CT molecular complexity index is 280. The first-order valence-corrected chi connectivity index (χ1v) is 4.51. The van der Waals surface area contributed by atoms with Gasteiger partial charge in [-0.3, -0.25) is 14.4 Å². The van der Waals surface area contributed by atoms with Gasteiger partial charge in [0.1, 0.15) is 12.1 Å². The fourth-order valence-corrected chi connectivity index (χ4v) is 0.958. The predicted molar refractivity (Wildman–Crippen MR) is 51.9 cm³/mol. The number of aliphatic carboxylic acids is 3. The van der Waals surface area contributed by atoms with E-state index in [1.54, 1.807) is 0 Å². The van der Waals surface area contributed by atoms with Crippen molar-refractivity contribution < 1.29 is 29.7 Å². The van der Waals surface area contributed by atoms with Gasteiger partial charge in [-0.05, 0) is 13.0 Å². The van der Waals surface area contributed by atoms with Gasteiger partial charge in [-0.1, -0.05) is 0 Å². The monoisotopic (exact) mass is 234 g/mol. The fourth-order valence-electron chi connectivity index (χ4n) is 0.958. The molecule has 6 N–H and O–H groups in total. The SMILES string of the molecule is N[C@@H](CCN[C@@H](CC(=O)O)C(=O)O)C(=O)O. The van der Waals surface area contributed by atoms with E-state index in [1.165, 1.54) is 0 Å². The topological polar surface area (TPSA) is 150 Å². The molecule has 16 heavy (non-hydrogen) atoms. The van der Waals surface area contributed by atoms with Crippen molar-refractivity contribution in [2.24, 2.45) is 5.73 Å². The Labute approximate surface area is 91.1 Å². The minimum atomic E-state index is -1.30. The maximum absolute atomic E-state index is 10.6. The lowest BCUT2D eigenvalue weighted by Crippen LogP contribution is -2.41. The molecule has 0 aliphatic heterocycles. The molecule has 0 aliphatic carbocycles. The van der Waals surface area contributed by atoms with Gasteiger partial charge in [0.15, 0.2) is 0 Å². The predicted octanol–water partition coefficient (Wildman–Crippen LogP) is -1.69. The molecule has 0 bridgehead atoms. The summed E-state index contributed by atoms with van der Waals surface area (Å²) in [5, 5.41) is 27.9. The first-order chi connectivity index (χ1) is 7.34. The maximum atomic E-state index is 10.6. The molecule has 0 saturated carbocycles. The van der Waals surface area contributed by atoms with Crippen LogP contribution in [0.2, 0.25) is 0 Å².